The van der Waals surface area contributed by atoms with E-state index in [0.29, 0.717) is 35.6 Å². The van der Waals surface area contributed by atoms with Crippen molar-refractivity contribution < 1.29 is 19.5 Å². The number of carbonyl (C=O) groups is 2. The third kappa shape index (κ3) is 13.8. The van der Waals surface area contributed by atoms with E-state index < -0.39 is 0 Å². The zero-order valence-electron chi connectivity index (χ0n) is 43.7. The Morgan fingerprint density at radius 3 is 1.79 bits per heavy atom. The minimum atomic E-state index is -0.0732. The second-order valence-corrected chi connectivity index (χ2v) is 19.7. The molecule has 12 nitrogen and oxygen atoms in total. The SMILES string of the molecule is CC1=CC(=Nc2cc(N)ccc2[NH2+]c2ccccc2)CC=C1NCCCCCCNC(=O)c1ccc(-c2ccc(C(=O)NCCCCCCNc3cc4c(cc3C)nc3cc(N)ccc3[n+]4-c3ccccc3)cc2)cc1. The highest BCUT2D eigenvalue weighted by Gasteiger charge is 2.21. The van der Waals surface area contributed by atoms with Crippen LogP contribution in [0.1, 0.15) is 91.0 Å². The molecule has 7 aromatic carbocycles. The summed E-state index contributed by atoms with van der Waals surface area (Å²) in [5.41, 5.74) is 30.4. The van der Waals surface area contributed by atoms with Crippen molar-refractivity contribution in [1.82, 2.24) is 20.9 Å². The molecule has 0 radical (unpaired) electrons. The molecule has 2 amide bonds. The number of nitrogen functional groups attached to an aromatic ring is 2. The van der Waals surface area contributed by atoms with Gasteiger partial charge in [-0.2, -0.15) is 0 Å². The highest BCUT2D eigenvalue weighted by Crippen LogP contribution is 2.28. The maximum absolute atomic E-state index is 13.0. The van der Waals surface area contributed by atoms with Crippen LogP contribution in [0.2, 0.25) is 0 Å². The molecular formula is C64H70N10O2+2. The second-order valence-electron chi connectivity index (χ2n) is 19.7. The lowest BCUT2D eigenvalue weighted by molar-refractivity contribution is -0.538. The van der Waals surface area contributed by atoms with Crippen molar-refractivity contribution in [2.75, 3.05) is 43.0 Å². The van der Waals surface area contributed by atoms with Gasteiger partial charge in [0.15, 0.2) is 5.69 Å². The quantitative estimate of drug-likeness (QED) is 0.0144. The van der Waals surface area contributed by atoms with E-state index in [-0.39, 0.29) is 11.8 Å². The highest BCUT2D eigenvalue weighted by molar-refractivity contribution is 6.01. The van der Waals surface area contributed by atoms with E-state index in [4.69, 9.17) is 21.4 Å². The molecule has 1 heterocycles. The summed E-state index contributed by atoms with van der Waals surface area (Å²) in [6, 6.07) is 52.0. The molecule has 0 fully saturated rings. The molecule has 0 spiro atoms. The van der Waals surface area contributed by atoms with Gasteiger partial charge in [0.25, 0.3) is 11.8 Å². The Balaban J connectivity index is 0.634. The summed E-state index contributed by atoms with van der Waals surface area (Å²) in [6.45, 7) is 7.25. The number of aryl methyl sites for hydroxylation is 1. The number of amides is 2. The monoisotopic (exact) mass is 1010 g/mol. The van der Waals surface area contributed by atoms with Crippen LogP contribution in [0.15, 0.2) is 186 Å². The van der Waals surface area contributed by atoms with E-state index in [1.165, 1.54) is 5.57 Å². The average molecular weight is 1010 g/mol. The van der Waals surface area contributed by atoms with Crippen LogP contribution in [0, 0.1) is 6.92 Å². The van der Waals surface area contributed by atoms with E-state index in [1.807, 2.05) is 109 Å². The summed E-state index contributed by atoms with van der Waals surface area (Å²) in [6.07, 6.45) is 13.2. The van der Waals surface area contributed by atoms with Crippen molar-refractivity contribution in [2.24, 2.45) is 4.99 Å². The number of nitrogens with two attached hydrogens (primary N) is 3. The Labute approximate surface area is 446 Å². The lowest BCUT2D eigenvalue weighted by atomic mass is 10.0. The fourth-order valence-corrected chi connectivity index (χ4v) is 9.67. The van der Waals surface area contributed by atoms with Crippen LogP contribution < -0.4 is 42.6 Å². The predicted octanol–water partition coefficient (Wildman–Crippen LogP) is 11.6. The number of benzene rings is 7. The summed E-state index contributed by atoms with van der Waals surface area (Å²) in [7, 11) is 0. The summed E-state index contributed by atoms with van der Waals surface area (Å²) in [4.78, 5) is 35.9. The topological polar surface area (TPSA) is 180 Å². The maximum atomic E-state index is 13.0. The summed E-state index contributed by atoms with van der Waals surface area (Å²) in [5, 5.41) is 15.6. The van der Waals surface area contributed by atoms with Gasteiger partial charge in [-0.15, -0.1) is 4.57 Å². The standard InChI is InChI=1S/C64H68N10O2/c1-44-39-53(72-58-41-50(65)29-32-56(58)71-52-17-9-7-10-18-52)31-33-55(44)67-35-13-3-5-15-37-69-63(75)48-25-21-46(22-26-48)47-23-27-49(28-24-47)64(76)70-38-16-6-4-14-36-68-57-43-62-59(40-45(57)2)73-60-42-51(66)30-34-61(60)74(62)54-19-11-8-12-20-54/h7-12,17-30,32-34,39-43,67H,3-6,13-16,31,35-38,66H2,1-2H3,(H5,65,68,69,70,71,73,75,76)/p+2. The van der Waals surface area contributed by atoms with Crippen LogP contribution in [0.4, 0.5) is 34.1 Å². The largest absolute Gasteiger partial charge is 0.399 e. The molecule has 0 bridgehead atoms. The van der Waals surface area contributed by atoms with Crippen LogP contribution in [-0.2, 0) is 0 Å². The van der Waals surface area contributed by atoms with E-state index in [9.17, 15) is 9.59 Å². The summed E-state index contributed by atoms with van der Waals surface area (Å²) < 4.78 is 2.25. The zero-order valence-corrected chi connectivity index (χ0v) is 43.7. The molecule has 9 rings (SSSR count). The molecule has 0 aliphatic heterocycles. The number of anilines is 3. The van der Waals surface area contributed by atoms with Gasteiger partial charge in [0.1, 0.15) is 22.4 Å². The number of aliphatic imine (C=N–C) groups is 1. The molecule has 0 saturated heterocycles. The molecule has 0 saturated carbocycles. The van der Waals surface area contributed by atoms with Gasteiger partial charge < -0.3 is 32.7 Å². The van der Waals surface area contributed by atoms with Gasteiger partial charge in [0.05, 0.1) is 0 Å². The number of rotatable bonds is 23. The number of hydrogen-bond donors (Lipinski definition) is 7. The number of carbonyl (C=O) groups excluding carboxylic acids is 2. The fraction of sp³-hybridized carbons (Fsp3) is 0.234. The van der Waals surface area contributed by atoms with Crippen molar-refractivity contribution in [3.05, 3.63) is 198 Å². The van der Waals surface area contributed by atoms with Gasteiger partial charge in [-0.25, -0.2) is 9.98 Å². The number of allylic oxidation sites excluding steroid dienone is 3. The summed E-state index contributed by atoms with van der Waals surface area (Å²) >= 11 is 0. The number of quaternary nitrogens is 1. The first kappa shape index (κ1) is 52.3. The van der Waals surface area contributed by atoms with Crippen molar-refractivity contribution in [2.45, 2.75) is 71.6 Å². The van der Waals surface area contributed by atoms with Gasteiger partial charge in [-0.05, 0) is 135 Å². The lowest BCUT2D eigenvalue weighted by Gasteiger charge is -2.16. The second kappa shape index (κ2) is 25.6. The van der Waals surface area contributed by atoms with Crippen LogP contribution in [-0.4, -0.2) is 48.7 Å². The maximum Gasteiger partial charge on any atom is 0.251 e. The third-order valence-corrected chi connectivity index (χ3v) is 13.9. The van der Waals surface area contributed by atoms with Crippen LogP contribution in [0.25, 0.3) is 38.9 Å². The number of para-hydroxylation sites is 2. The zero-order chi connectivity index (χ0) is 52.6. The Bertz CT molecular complexity index is 3390. The fourth-order valence-electron chi connectivity index (χ4n) is 9.67. The first-order valence-electron chi connectivity index (χ1n) is 26.8. The lowest BCUT2D eigenvalue weighted by Crippen LogP contribution is -2.70. The number of hydrogen-bond acceptors (Lipinski definition) is 8. The Kier molecular flexibility index (Phi) is 17.6. The molecule has 386 valence electrons. The first-order chi connectivity index (χ1) is 37.1. The third-order valence-electron chi connectivity index (χ3n) is 13.9. The Morgan fingerprint density at radius 1 is 0.592 bits per heavy atom. The molecule has 1 aromatic heterocycles. The number of aromatic nitrogens is 2. The molecule has 12 heteroatoms. The number of nitrogens with zero attached hydrogens (tertiary/aromatic N) is 3. The van der Waals surface area contributed by atoms with Crippen molar-refractivity contribution in [1.29, 1.82) is 0 Å². The normalized spacial score (nSPS) is 12.8. The van der Waals surface area contributed by atoms with Crippen LogP contribution >= 0.6 is 0 Å². The molecule has 0 unspecified atom stereocenters. The van der Waals surface area contributed by atoms with Gasteiger partial charge in [-0.1, -0.05) is 92.4 Å². The smallest absolute Gasteiger partial charge is 0.251 e. The van der Waals surface area contributed by atoms with E-state index in [2.05, 4.69) is 106 Å². The minimum Gasteiger partial charge on any atom is -0.399 e. The molecule has 76 heavy (non-hydrogen) atoms. The molecule has 10 N–H and O–H groups in total. The van der Waals surface area contributed by atoms with Crippen molar-refractivity contribution in [3.8, 4) is 16.8 Å². The Morgan fingerprint density at radius 2 is 1.16 bits per heavy atom. The average Bonchev–Trinajstić information content (AvgIpc) is 3.45. The number of fused-ring (bicyclic) bond motifs is 2. The highest BCUT2D eigenvalue weighted by atomic mass is 16.2. The van der Waals surface area contributed by atoms with Gasteiger partial charge in [0, 0.05) is 103 Å². The number of nitrogens with one attached hydrogen (secondary N) is 4. The molecule has 8 aromatic rings. The van der Waals surface area contributed by atoms with E-state index in [1.54, 1.807) is 0 Å². The number of unbranched alkanes of at least 4 members (excludes halogenated alkanes) is 6. The molecule has 0 atom stereocenters. The van der Waals surface area contributed by atoms with E-state index in [0.717, 1.165) is 149 Å². The summed E-state index contributed by atoms with van der Waals surface area (Å²) in [5.74, 6) is -0.143. The van der Waals surface area contributed by atoms with Gasteiger partial charge in [0.2, 0.25) is 16.7 Å². The van der Waals surface area contributed by atoms with Crippen molar-refractivity contribution >= 4 is 73.7 Å². The Hall–Kier alpha value is -8.61. The predicted molar refractivity (Wildman–Crippen MR) is 312 cm³/mol. The molecular weight excluding hydrogens is 941 g/mol. The molecule has 1 aliphatic rings. The van der Waals surface area contributed by atoms with Gasteiger partial charge >= 0.3 is 0 Å². The van der Waals surface area contributed by atoms with E-state index >= 15 is 0 Å². The van der Waals surface area contributed by atoms with Crippen LogP contribution in [0.5, 0.6) is 0 Å². The first-order valence-corrected chi connectivity index (χ1v) is 26.8. The van der Waals surface area contributed by atoms with Gasteiger partial charge in [-0.3, -0.25) is 14.9 Å². The van der Waals surface area contributed by atoms with Crippen molar-refractivity contribution in [3.63, 3.8) is 0 Å². The van der Waals surface area contributed by atoms with Crippen LogP contribution in [0.3, 0.4) is 0 Å². The minimum absolute atomic E-state index is 0.0696. The molecule has 1 aliphatic carbocycles.